The van der Waals surface area contributed by atoms with Crippen LogP contribution in [0, 0.1) is 0 Å². The molecule has 0 bridgehead atoms. The number of aliphatic hydroxyl groups is 1. The molecule has 11 heteroatoms. The number of amides is 2. The van der Waals surface area contributed by atoms with Gasteiger partial charge in [-0.1, -0.05) is 0 Å². The number of urea groups is 1. The molecule has 0 spiro atoms. The van der Waals surface area contributed by atoms with E-state index in [-0.39, 0.29) is 9.59 Å². The molecule has 33 heavy (non-hydrogen) atoms. The Morgan fingerprint density at radius 1 is 1.24 bits per heavy atom. The summed E-state index contributed by atoms with van der Waals surface area (Å²) in [5.41, 5.74) is 3.24. The van der Waals surface area contributed by atoms with Crippen molar-refractivity contribution < 1.29 is 23.1 Å². The zero-order chi connectivity index (χ0) is 23.8. The summed E-state index contributed by atoms with van der Waals surface area (Å²) in [5, 5.41) is 12.8. The molecular formula is C22H24N4O5SSe. The summed E-state index contributed by atoms with van der Waals surface area (Å²) in [6.45, 7) is 3.05. The fraction of sp³-hybridized carbons (Fsp3) is 0.318. The number of nitrogens with one attached hydrogen (secondary N) is 2. The predicted molar refractivity (Wildman–Crippen MR) is 124 cm³/mol. The van der Waals surface area contributed by atoms with Crippen LogP contribution in [-0.2, 0) is 28.5 Å². The molecule has 2 heterocycles. The Bertz CT molecular complexity index is 1310. The number of fused-ring (bicyclic) bond motifs is 1. The van der Waals surface area contributed by atoms with E-state index in [4.69, 9.17) is 4.74 Å². The number of aryl methyl sites for hydroxylation is 1. The van der Waals surface area contributed by atoms with Gasteiger partial charge in [0.25, 0.3) is 0 Å². The number of benzene rings is 1. The average molecular weight is 535 g/mol. The second kappa shape index (κ2) is 8.90. The zero-order valence-electron chi connectivity index (χ0n) is 18.4. The van der Waals surface area contributed by atoms with Crippen molar-refractivity contribution in [2.24, 2.45) is 0 Å². The van der Waals surface area contributed by atoms with Gasteiger partial charge in [-0.15, -0.1) is 0 Å². The van der Waals surface area contributed by atoms with Gasteiger partial charge in [0.15, 0.2) is 0 Å². The summed E-state index contributed by atoms with van der Waals surface area (Å²) in [6.07, 6.45) is 4.25. The zero-order valence-corrected chi connectivity index (χ0v) is 20.9. The number of ether oxygens (including phenoxy) is 1. The molecule has 0 atom stereocenters. The molecule has 174 valence electrons. The van der Waals surface area contributed by atoms with E-state index in [1.54, 1.807) is 23.3 Å². The van der Waals surface area contributed by atoms with Crippen molar-refractivity contribution in [2.75, 3.05) is 12.4 Å². The summed E-state index contributed by atoms with van der Waals surface area (Å²) < 4.78 is 32.6. The van der Waals surface area contributed by atoms with E-state index in [0.29, 0.717) is 11.6 Å². The standard InChI is InChI=1S/C22H24N4O5SSe/c1-22(2,28)17-12-33-21(24-17)32(29,30)26-20(27)25-19-15-6-4-5-13(15)7-8-16(19)14-9-10-23-18(11-14)31-3/h7-12,28H,4-6H2,1-3H3,(H2,25,26,27). The molecule has 0 radical (unpaired) electrons. The molecule has 0 saturated heterocycles. The number of carbonyl (C=O) groups excluding carboxylic acids is 1. The molecule has 0 fully saturated rings. The van der Waals surface area contributed by atoms with E-state index in [9.17, 15) is 18.3 Å². The minimum atomic E-state index is -4.15. The van der Waals surface area contributed by atoms with Crippen LogP contribution in [0.25, 0.3) is 11.1 Å². The van der Waals surface area contributed by atoms with Gasteiger partial charge < -0.3 is 0 Å². The van der Waals surface area contributed by atoms with Gasteiger partial charge in [-0.25, -0.2) is 0 Å². The summed E-state index contributed by atoms with van der Waals surface area (Å²) in [7, 11) is -2.63. The fourth-order valence-electron chi connectivity index (χ4n) is 3.70. The topological polar surface area (TPSA) is 131 Å². The summed E-state index contributed by atoms with van der Waals surface area (Å²) >= 11 is -0.617. The van der Waals surface area contributed by atoms with Gasteiger partial charge in [-0.2, -0.15) is 0 Å². The van der Waals surface area contributed by atoms with Crippen LogP contribution in [-0.4, -0.2) is 51.1 Å². The Morgan fingerprint density at radius 2 is 2.03 bits per heavy atom. The van der Waals surface area contributed by atoms with Crippen LogP contribution >= 0.6 is 0 Å². The van der Waals surface area contributed by atoms with Crippen molar-refractivity contribution in [3.05, 3.63) is 52.2 Å². The van der Waals surface area contributed by atoms with Crippen molar-refractivity contribution >= 4 is 36.2 Å². The number of hydrogen-bond acceptors (Lipinski definition) is 7. The van der Waals surface area contributed by atoms with E-state index < -0.39 is 36.2 Å². The Labute approximate surface area is 198 Å². The second-order valence-corrected chi connectivity index (χ2v) is 12.2. The molecule has 1 aliphatic carbocycles. The van der Waals surface area contributed by atoms with Crippen LogP contribution < -0.4 is 14.8 Å². The van der Waals surface area contributed by atoms with Crippen molar-refractivity contribution in [2.45, 2.75) is 42.6 Å². The molecular weight excluding hydrogens is 511 g/mol. The molecule has 3 aromatic rings. The Morgan fingerprint density at radius 3 is 2.73 bits per heavy atom. The van der Waals surface area contributed by atoms with E-state index >= 15 is 0 Å². The van der Waals surface area contributed by atoms with Crippen molar-refractivity contribution in [3.63, 3.8) is 0 Å². The van der Waals surface area contributed by atoms with Gasteiger partial charge in [0, 0.05) is 0 Å². The third-order valence-corrected chi connectivity index (χ3v) is 9.56. The van der Waals surface area contributed by atoms with Gasteiger partial charge in [-0.05, 0) is 0 Å². The molecule has 0 aliphatic heterocycles. The normalized spacial score (nSPS) is 13.5. The summed E-state index contributed by atoms with van der Waals surface area (Å²) in [6, 6.07) is 6.64. The van der Waals surface area contributed by atoms with E-state index in [1.807, 2.05) is 12.1 Å². The quantitative estimate of drug-likeness (QED) is 0.414. The van der Waals surface area contributed by atoms with Crippen LogP contribution in [0.1, 0.15) is 37.1 Å². The Kier molecular flexibility index (Phi) is 6.32. The first kappa shape index (κ1) is 23.4. The number of carbonyl (C=O) groups is 1. The molecule has 1 aliphatic rings. The maximum absolute atomic E-state index is 12.8. The predicted octanol–water partition coefficient (Wildman–Crippen LogP) is 2.44. The first-order valence-corrected chi connectivity index (χ1v) is 13.6. The molecule has 2 amide bonds. The van der Waals surface area contributed by atoms with Gasteiger partial charge in [0.2, 0.25) is 0 Å². The van der Waals surface area contributed by atoms with Crippen molar-refractivity contribution in [3.8, 4) is 17.0 Å². The number of pyridine rings is 1. The summed E-state index contributed by atoms with van der Waals surface area (Å²) in [4.78, 5) is 22.6. The fourth-order valence-corrected chi connectivity index (χ4v) is 7.22. The Hall–Kier alpha value is -2.72. The van der Waals surface area contributed by atoms with Gasteiger partial charge in [0.1, 0.15) is 0 Å². The number of methoxy groups -OCH3 is 1. The molecule has 4 rings (SSSR count). The van der Waals surface area contributed by atoms with Crippen LogP contribution in [0.5, 0.6) is 5.88 Å². The maximum atomic E-state index is 12.8. The average Bonchev–Trinajstić information content (AvgIpc) is 3.43. The number of hydrogen-bond donors (Lipinski definition) is 3. The molecule has 0 saturated carbocycles. The Balaban J connectivity index is 1.64. The molecule has 2 aromatic heterocycles. The van der Waals surface area contributed by atoms with Gasteiger partial charge in [0.05, 0.1) is 0 Å². The molecule has 1 aromatic carbocycles. The summed E-state index contributed by atoms with van der Waals surface area (Å²) in [5.74, 6) is 0.433. The van der Waals surface area contributed by atoms with E-state index in [1.165, 1.54) is 21.0 Å². The number of anilines is 1. The SMILES string of the molecule is COc1cc(-c2ccc3c(c2NC(=O)NS(=O)(=O)c2nc(C(C)(C)O)c[se]2)CCC3)ccn1. The molecule has 0 unspecified atom stereocenters. The van der Waals surface area contributed by atoms with Gasteiger partial charge >= 0.3 is 198 Å². The second-order valence-electron chi connectivity index (χ2n) is 8.18. The van der Waals surface area contributed by atoms with Crippen molar-refractivity contribution in [1.82, 2.24) is 14.7 Å². The van der Waals surface area contributed by atoms with Crippen LogP contribution in [0.2, 0.25) is 0 Å². The van der Waals surface area contributed by atoms with Gasteiger partial charge in [-0.3, -0.25) is 0 Å². The third kappa shape index (κ3) is 4.96. The third-order valence-electron chi connectivity index (χ3n) is 5.34. The van der Waals surface area contributed by atoms with Crippen LogP contribution in [0.15, 0.2) is 39.3 Å². The van der Waals surface area contributed by atoms with Crippen molar-refractivity contribution in [1.29, 1.82) is 0 Å². The monoisotopic (exact) mass is 536 g/mol. The number of nitrogens with zero attached hydrogens (tertiary/aromatic N) is 2. The van der Waals surface area contributed by atoms with Crippen LogP contribution in [0.3, 0.4) is 0 Å². The number of rotatable bonds is 6. The number of aromatic nitrogens is 2. The van der Waals surface area contributed by atoms with E-state index in [0.717, 1.165) is 41.5 Å². The molecule has 9 nitrogen and oxygen atoms in total. The first-order chi connectivity index (χ1) is 15.6. The molecule has 3 N–H and O–H groups in total. The minimum absolute atomic E-state index is 0.153. The first-order valence-electron chi connectivity index (χ1n) is 10.3. The number of sulfonamides is 1. The van der Waals surface area contributed by atoms with Crippen LogP contribution in [0.4, 0.5) is 10.5 Å². The van der Waals surface area contributed by atoms with E-state index in [2.05, 4.69) is 20.0 Å².